The summed E-state index contributed by atoms with van der Waals surface area (Å²) in [4.78, 5) is 27.0. The van der Waals surface area contributed by atoms with Gasteiger partial charge in [0.15, 0.2) is 5.04 Å². The zero-order chi connectivity index (χ0) is 23.1. The van der Waals surface area contributed by atoms with E-state index >= 15 is 0 Å². The van der Waals surface area contributed by atoms with E-state index in [0.717, 1.165) is 47.8 Å². The van der Waals surface area contributed by atoms with Crippen LogP contribution in [0, 0.1) is 0 Å². The Bertz CT molecular complexity index is 1220. The first-order valence-electron chi connectivity index (χ1n) is 11.6. The summed E-state index contributed by atoms with van der Waals surface area (Å²) in [5.74, 6) is 1.84. The highest BCUT2D eigenvalue weighted by Gasteiger charge is 2.47. The maximum Gasteiger partial charge on any atom is 0.278 e. The molecule has 174 valence electrons. The number of carbonyl (C=O) groups excluding carboxylic acids is 1. The SMILES string of the molecule is CC12CCOc3cc(-c4cn[nH]c4)ccc3C1N=C(C(=O)N1CCN(c3ccccn3)CC1)S2. The molecule has 2 aromatic heterocycles. The van der Waals surface area contributed by atoms with E-state index in [1.54, 1.807) is 18.0 Å². The molecule has 1 aromatic carbocycles. The van der Waals surface area contributed by atoms with E-state index in [-0.39, 0.29) is 16.7 Å². The first-order valence-corrected chi connectivity index (χ1v) is 12.4. The number of hydrogen-bond donors (Lipinski definition) is 1. The van der Waals surface area contributed by atoms with Crippen LogP contribution in [0.15, 0.2) is 60.0 Å². The molecule has 1 saturated heterocycles. The molecule has 8 nitrogen and oxygen atoms in total. The molecule has 3 aliphatic rings. The minimum absolute atomic E-state index is 0.0393. The zero-order valence-electron chi connectivity index (χ0n) is 19.0. The van der Waals surface area contributed by atoms with Crippen LogP contribution in [0.1, 0.15) is 24.9 Å². The molecule has 34 heavy (non-hydrogen) atoms. The molecule has 2 unspecified atom stereocenters. The van der Waals surface area contributed by atoms with E-state index < -0.39 is 0 Å². The molecule has 0 saturated carbocycles. The summed E-state index contributed by atoms with van der Waals surface area (Å²) in [7, 11) is 0. The van der Waals surface area contributed by atoms with Gasteiger partial charge in [-0.05, 0) is 37.1 Å². The maximum absolute atomic E-state index is 13.4. The third-order valence-corrected chi connectivity index (χ3v) is 8.24. The smallest absolute Gasteiger partial charge is 0.278 e. The van der Waals surface area contributed by atoms with Gasteiger partial charge < -0.3 is 14.5 Å². The van der Waals surface area contributed by atoms with Crippen molar-refractivity contribution >= 4 is 28.5 Å². The number of ether oxygens (including phenoxy) is 1. The summed E-state index contributed by atoms with van der Waals surface area (Å²) in [5, 5.41) is 7.53. The van der Waals surface area contributed by atoms with E-state index in [2.05, 4.69) is 45.2 Å². The molecule has 3 aromatic rings. The predicted molar refractivity (Wildman–Crippen MR) is 133 cm³/mol. The molecule has 2 atom stereocenters. The molecule has 5 heterocycles. The number of hydrogen-bond acceptors (Lipinski definition) is 7. The van der Waals surface area contributed by atoms with Crippen molar-refractivity contribution in [2.45, 2.75) is 24.1 Å². The van der Waals surface area contributed by atoms with Gasteiger partial charge in [0, 0.05) is 54.4 Å². The average Bonchev–Trinajstić information content (AvgIpc) is 3.50. The highest BCUT2D eigenvalue weighted by Crippen LogP contribution is 2.53. The monoisotopic (exact) mass is 474 g/mol. The minimum atomic E-state index is -0.205. The number of carbonyl (C=O) groups is 1. The second kappa shape index (κ2) is 8.47. The van der Waals surface area contributed by atoms with Crippen LogP contribution in [0.25, 0.3) is 11.1 Å². The fraction of sp³-hybridized carbons (Fsp3) is 0.360. The lowest BCUT2D eigenvalue weighted by atomic mass is 9.91. The van der Waals surface area contributed by atoms with Gasteiger partial charge in [0.1, 0.15) is 11.6 Å². The van der Waals surface area contributed by atoms with Gasteiger partial charge >= 0.3 is 0 Å². The Balaban J connectivity index is 1.22. The van der Waals surface area contributed by atoms with Crippen LogP contribution in [-0.4, -0.2) is 68.6 Å². The Hall–Kier alpha value is -3.33. The van der Waals surface area contributed by atoms with Gasteiger partial charge in [0.25, 0.3) is 5.91 Å². The first kappa shape index (κ1) is 21.2. The molecule has 0 radical (unpaired) electrons. The second-order valence-electron chi connectivity index (χ2n) is 9.06. The quantitative estimate of drug-likeness (QED) is 0.625. The van der Waals surface area contributed by atoms with Crippen LogP contribution in [0.2, 0.25) is 0 Å². The number of fused-ring (bicyclic) bond motifs is 3. The topological polar surface area (TPSA) is 86.7 Å². The lowest BCUT2D eigenvalue weighted by molar-refractivity contribution is -0.124. The first-order chi connectivity index (χ1) is 16.6. The number of piperazine rings is 1. The molecular formula is C25H26N6O2S. The van der Waals surface area contributed by atoms with Crippen molar-refractivity contribution in [3.8, 4) is 16.9 Å². The summed E-state index contributed by atoms with van der Waals surface area (Å²) >= 11 is 1.61. The van der Waals surface area contributed by atoms with Crippen LogP contribution in [0.3, 0.4) is 0 Å². The summed E-state index contributed by atoms with van der Waals surface area (Å²) in [6.45, 7) is 5.69. The Kier molecular flexibility index (Phi) is 5.28. The standard InChI is InChI=1S/C25H26N6O2S/c1-25-7-13-33-20-14-17(18-15-27-28-16-18)5-6-19(20)22(25)29-23(34-25)24(32)31-11-9-30(10-12-31)21-4-2-3-8-26-21/h2-6,8,14-16,22H,7,9-13H2,1H3,(H,27,28). The van der Waals surface area contributed by atoms with Crippen LogP contribution in [-0.2, 0) is 4.79 Å². The predicted octanol–water partition coefficient (Wildman–Crippen LogP) is 3.55. The molecule has 0 spiro atoms. The minimum Gasteiger partial charge on any atom is -0.493 e. The largest absolute Gasteiger partial charge is 0.493 e. The second-order valence-corrected chi connectivity index (χ2v) is 10.6. The van der Waals surface area contributed by atoms with Crippen molar-refractivity contribution in [3.63, 3.8) is 0 Å². The average molecular weight is 475 g/mol. The van der Waals surface area contributed by atoms with E-state index in [1.807, 2.05) is 35.5 Å². The van der Waals surface area contributed by atoms with Gasteiger partial charge in [0.05, 0.1) is 18.8 Å². The number of nitrogens with zero attached hydrogens (tertiary/aromatic N) is 5. The molecule has 6 rings (SSSR count). The van der Waals surface area contributed by atoms with Crippen molar-refractivity contribution < 1.29 is 9.53 Å². The Morgan fingerprint density at radius 3 is 2.82 bits per heavy atom. The van der Waals surface area contributed by atoms with Gasteiger partial charge in [0.2, 0.25) is 0 Å². The molecular weight excluding hydrogens is 448 g/mol. The van der Waals surface area contributed by atoms with Gasteiger partial charge in [-0.15, -0.1) is 0 Å². The lowest BCUT2D eigenvalue weighted by Gasteiger charge is -2.35. The summed E-state index contributed by atoms with van der Waals surface area (Å²) < 4.78 is 5.93. The molecule has 1 amide bonds. The number of thioether (sulfide) groups is 1. The van der Waals surface area contributed by atoms with Gasteiger partial charge in [-0.3, -0.25) is 14.9 Å². The number of benzene rings is 1. The van der Waals surface area contributed by atoms with E-state index in [0.29, 0.717) is 24.7 Å². The number of aromatic amines is 1. The van der Waals surface area contributed by atoms with Crippen molar-refractivity contribution in [2.75, 3.05) is 37.7 Å². The Morgan fingerprint density at radius 2 is 2.06 bits per heavy atom. The Labute approximate surface area is 202 Å². The maximum atomic E-state index is 13.4. The van der Waals surface area contributed by atoms with Crippen molar-refractivity contribution in [1.29, 1.82) is 0 Å². The molecule has 3 aliphatic heterocycles. The molecule has 0 aliphatic carbocycles. The van der Waals surface area contributed by atoms with E-state index in [1.165, 1.54) is 0 Å². The van der Waals surface area contributed by atoms with E-state index in [9.17, 15) is 4.79 Å². The molecule has 1 N–H and O–H groups in total. The number of pyridine rings is 1. The molecule has 1 fully saturated rings. The van der Waals surface area contributed by atoms with Gasteiger partial charge in [-0.25, -0.2) is 4.98 Å². The number of anilines is 1. The number of aliphatic imine (C=N–C) groups is 1. The van der Waals surface area contributed by atoms with Gasteiger partial charge in [-0.2, -0.15) is 5.10 Å². The number of nitrogens with one attached hydrogen (secondary N) is 1. The zero-order valence-corrected chi connectivity index (χ0v) is 19.8. The summed E-state index contributed by atoms with van der Waals surface area (Å²) in [5.41, 5.74) is 3.11. The normalized spacial score (nSPS) is 24.0. The fourth-order valence-electron chi connectivity index (χ4n) is 4.89. The van der Waals surface area contributed by atoms with Crippen LogP contribution in [0.5, 0.6) is 5.75 Å². The highest BCUT2D eigenvalue weighted by atomic mass is 32.2. The third-order valence-electron chi connectivity index (χ3n) is 6.87. The third kappa shape index (κ3) is 3.73. The Morgan fingerprint density at radius 1 is 1.18 bits per heavy atom. The number of H-pyrrole nitrogens is 1. The summed E-state index contributed by atoms with van der Waals surface area (Å²) in [6.07, 6.45) is 6.31. The van der Waals surface area contributed by atoms with E-state index in [4.69, 9.17) is 9.73 Å². The highest BCUT2D eigenvalue weighted by molar-refractivity contribution is 8.17. The number of aromatic nitrogens is 3. The molecule has 9 heteroatoms. The van der Waals surface area contributed by atoms with Gasteiger partial charge in [-0.1, -0.05) is 30.0 Å². The van der Waals surface area contributed by atoms with Crippen LogP contribution in [0.4, 0.5) is 5.82 Å². The number of rotatable bonds is 3. The lowest BCUT2D eigenvalue weighted by Crippen LogP contribution is -2.50. The van der Waals surface area contributed by atoms with Crippen molar-refractivity contribution in [1.82, 2.24) is 20.1 Å². The molecule has 0 bridgehead atoms. The number of amides is 1. The fourth-order valence-corrected chi connectivity index (χ4v) is 6.19. The van der Waals surface area contributed by atoms with Crippen molar-refractivity contribution in [3.05, 3.63) is 60.6 Å². The van der Waals surface area contributed by atoms with Crippen molar-refractivity contribution in [2.24, 2.45) is 4.99 Å². The summed E-state index contributed by atoms with van der Waals surface area (Å²) in [6, 6.07) is 12.0. The van der Waals surface area contributed by atoms with Crippen LogP contribution < -0.4 is 9.64 Å². The van der Waals surface area contributed by atoms with Crippen LogP contribution >= 0.6 is 11.8 Å².